The Morgan fingerprint density at radius 1 is 0.241 bits per heavy atom. The molecule has 0 amide bonds. The van der Waals surface area contributed by atoms with Crippen molar-refractivity contribution >= 4 is 87.0 Å². The van der Waals surface area contributed by atoms with Crippen LogP contribution in [0, 0.1) is 0 Å². The van der Waals surface area contributed by atoms with Crippen LogP contribution < -0.4 is 0 Å². The molecule has 0 N–H and O–H groups in total. The van der Waals surface area contributed by atoms with Crippen molar-refractivity contribution in [1.82, 2.24) is 0 Å². The van der Waals surface area contributed by atoms with Crippen molar-refractivity contribution < 1.29 is 8.83 Å². The van der Waals surface area contributed by atoms with Crippen LogP contribution in [0.2, 0.25) is 0 Å². The zero-order valence-corrected chi connectivity index (χ0v) is 29.1. The van der Waals surface area contributed by atoms with Crippen LogP contribution in [-0.2, 0) is 0 Å². The molecule has 250 valence electrons. The molecule has 0 bridgehead atoms. The molecule has 0 aliphatic rings. The third kappa shape index (κ3) is 4.28. The smallest absolute Gasteiger partial charge is 0.139 e. The predicted octanol–water partition coefficient (Wildman–Crippen LogP) is 15.1. The Labute approximate surface area is 310 Å². The van der Waals surface area contributed by atoms with E-state index in [1.807, 2.05) is 18.2 Å². The maximum absolute atomic E-state index is 6.44. The molecular weight excluding hydrogens is 657 g/mol. The highest BCUT2D eigenvalue weighted by Gasteiger charge is 2.18. The van der Waals surface area contributed by atoms with E-state index in [0.29, 0.717) is 0 Å². The number of hydrogen-bond donors (Lipinski definition) is 0. The van der Waals surface area contributed by atoms with E-state index in [4.69, 9.17) is 8.83 Å². The Morgan fingerprint density at radius 2 is 0.778 bits per heavy atom. The van der Waals surface area contributed by atoms with E-state index in [-0.39, 0.29) is 0 Å². The predicted molar refractivity (Wildman–Crippen MR) is 227 cm³/mol. The molecule has 54 heavy (non-hydrogen) atoms. The molecule has 0 unspecified atom stereocenters. The van der Waals surface area contributed by atoms with Gasteiger partial charge in [0.25, 0.3) is 0 Å². The molecule has 0 aliphatic carbocycles. The van der Waals surface area contributed by atoms with Crippen molar-refractivity contribution in [2.24, 2.45) is 0 Å². The highest BCUT2D eigenvalue weighted by atomic mass is 16.3. The average molecular weight is 687 g/mol. The highest BCUT2D eigenvalue weighted by Crippen LogP contribution is 2.46. The van der Waals surface area contributed by atoms with Crippen LogP contribution in [0.1, 0.15) is 0 Å². The summed E-state index contributed by atoms with van der Waals surface area (Å²) in [6, 6.07) is 65.9. The van der Waals surface area contributed by atoms with Crippen LogP contribution in [0.15, 0.2) is 191 Å². The summed E-state index contributed by atoms with van der Waals surface area (Å²) in [5.41, 5.74) is 10.8. The van der Waals surface area contributed by atoms with Crippen molar-refractivity contribution in [2.75, 3.05) is 0 Å². The molecule has 2 aromatic heterocycles. The van der Waals surface area contributed by atoms with Gasteiger partial charge in [-0.2, -0.15) is 0 Å². The van der Waals surface area contributed by atoms with Gasteiger partial charge >= 0.3 is 0 Å². The molecule has 0 aliphatic heterocycles. The molecule has 2 heterocycles. The van der Waals surface area contributed by atoms with E-state index in [1.165, 1.54) is 71.1 Å². The third-order valence-electron chi connectivity index (χ3n) is 11.4. The lowest BCUT2D eigenvalue weighted by molar-refractivity contribution is 0.656. The lowest BCUT2D eigenvalue weighted by Crippen LogP contribution is -1.91. The molecule has 12 aromatic rings. The summed E-state index contributed by atoms with van der Waals surface area (Å²) in [6.07, 6.45) is 0. The molecule has 0 saturated heterocycles. The molecule has 2 heteroatoms. The van der Waals surface area contributed by atoms with Gasteiger partial charge in [0.1, 0.15) is 22.3 Å². The molecule has 0 saturated carbocycles. The fourth-order valence-corrected chi connectivity index (χ4v) is 8.92. The fourth-order valence-electron chi connectivity index (χ4n) is 8.92. The average Bonchev–Trinajstić information content (AvgIpc) is 3.77. The van der Waals surface area contributed by atoms with Crippen LogP contribution >= 0.6 is 0 Å². The van der Waals surface area contributed by atoms with E-state index in [9.17, 15) is 0 Å². The highest BCUT2D eigenvalue weighted by molar-refractivity contribution is 6.23. The van der Waals surface area contributed by atoms with Crippen LogP contribution in [0.3, 0.4) is 0 Å². The second kappa shape index (κ2) is 11.2. The Balaban J connectivity index is 0.973. The largest absolute Gasteiger partial charge is 0.456 e. The van der Waals surface area contributed by atoms with Gasteiger partial charge in [-0.3, -0.25) is 0 Å². The molecular formula is C52H30O2. The number of furan rings is 2. The Kier molecular flexibility index (Phi) is 6.09. The van der Waals surface area contributed by atoms with Gasteiger partial charge in [0.2, 0.25) is 0 Å². The SMILES string of the molecule is c1ccc2c(-c3c4ccccc4c(-c4ccc(-c5ccc6cc7c(cc6c5)oc5cc6oc8ccccc8c6cc57)cc4)c4ccccc34)cccc2c1. The van der Waals surface area contributed by atoms with Gasteiger partial charge in [0.05, 0.1) is 0 Å². The maximum Gasteiger partial charge on any atom is 0.139 e. The standard InChI is InChI=1S/C52H30O2/c1-2-12-37-32(10-1)11-9-18-39(37)52-42-16-5-3-14-40(42)51(41-15-4-6-17-43(41)52)33-22-20-31(21-23-33)34-24-25-35-27-44-46-29-45-38-13-7-8-19-47(38)53-49(45)30-50(46)54-48(44)28-36(35)26-34/h1-30H. The number of fused-ring (bicyclic) bond motifs is 10. The van der Waals surface area contributed by atoms with Gasteiger partial charge in [0.15, 0.2) is 0 Å². The summed E-state index contributed by atoms with van der Waals surface area (Å²) in [5, 5.41) is 14.4. The fraction of sp³-hybridized carbons (Fsp3) is 0. The second-order valence-electron chi connectivity index (χ2n) is 14.4. The van der Waals surface area contributed by atoms with Gasteiger partial charge in [-0.15, -0.1) is 0 Å². The molecule has 0 atom stereocenters. The van der Waals surface area contributed by atoms with Crippen LogP contribution in [0.25, 0.3) is 120 Å². The van der Waals surface area contributed by atoms with E-state index in [1.54, 1.807) is 0 Å². The Morgan fingerprint density at radius 3 is 1.54 bits per heavy atom. The number of hydrogen-bond acceptors (Lipinski definition) is 2. The summed E-state index contributed by atoms with van der Waals surface area (Å²) in [4.78, 5) is 0. The van der Waals surface area contributed by atoms with Crippen LogP contribution in [0.5, 0.6) is 0 Å². The first-order valence-corrected chi connectivity index (χ1v) is 18.5. The van der Waals surface area contributed by atoms with E-state index in [2.05, 4.69) is 164 Å². The van der Waals surface area contributed by atoms with E-state index in [0.717, 1.165) is 49.3 Å². The van der Waals surface area contributed by atoms with E-state index >= 15 is 0 Å². The molecule has 10 aromatic carbocycles. The van der Waals surface area contributed by atoms with Gasteiger partial charge in [-0.25, -0.2) is 0 Å². The van der Waals surface area contributed by atoms with Crippen molar-refractivity contribution in [3.8, 4) is 33.4 Å². The number of benzene rings is 10. The first-order valence-electron chi connectivity index (χ1n) is 18.5. The quantitative estimate of drug-likeness (QED) is 0.173. The van der Waals surface area contributed by atoms with Gasteiger partial charge in [-0.05, 0) is 107 Å². The van der Waals surface area contributed by atoms with Crippen LogP contribution in [-0.4, -0.2) is 0 Å². The lowest BCUT2D eigenvalue weighted by atomic mass is 9.84. The minimum absolute atomic E-state index is 0.841. The Hall–Kier alpha value is -7.16. The summed E-state index contributed by atoms with van der Waals surface area (Å²) in [6.45, 7) is 0. The zero-order chi connectivity index (χ0) is 35.3. The minimum atomic E-state index is 0.841. The van der Waals surface area contributed by atoms with Gasteiger partial charge in [0, 0.05) is 27.6 Å². The Bertz CT molecular complexity index is 3430. The maximum atomic E-state index is 6.44. The molecule has 0 fully saturated rings. The molecule has 0 spiro atoms. The monoisotopic (exact) mass is 686 g/mol. The van der Waals surface area contributed by atoms with Crippen LogP contribution in [0.4, 0.5) is 0 Å². The van der Waals surface area contributed by atoms with Crippen molar-refractivity contribution in [3.05, 3.63) is 182 Å². The summed E-state index contributed by atoms with van der Waals surface area (Å²) >= 11 is 0. The normalized spacial score (nSPS) is 12.1. The zero-order valence-electron chi connectivity index (χ0n) is 29.1. The number of para-hydroxylation sites is 1. The van der Waals surface area contributed by atoms with Gasteiger partial charge < -0.3 is 8.83 Å². The topological polar surface area (TPSA) is 26.3 Å². The minimum Gasteiger partial charge on any atom is -0.456 e. The van der Waals surface area contributed by atoms with Gasteiger partial charge in [-0.1, -0.05) is 146 Å². The van der Waals surface area contributed by atoms with Crippen molar-refractivity contribution in [1.29, 1.82) is 0 Å². The van der Waals surface area contributed by atoms with Crippen molar-refractivity contribution in [2.45, 2.75) is 0 Å². The first kappa shape index (κ1) is 29.4. The molecule has 0 radical (unpaired) electrons. The summed E-state index contributed by atoms with van der Waals surface area (Å²) < 4.78 is 12.6. The second-order valence-corrected chi connectivity index (χ2v) is 14.4. The molecule has 2 nitrogen and oxygen atoms in total. The lowest BCUT2D eigenvalue weighted by Gasteiger charge is -2.19. The third-order valence-corrected chi connectivity index (χ3v) is 11.4. The summed E-state index contributed by atoms with van der Waals surface area (Å²) in [7, 11) is 0. The summed E-state index contributed by atoms with van der Waals surface area (Å²) in [5.74, 6) is 0. The number of rotatable bonds is 3. The first-order chi connectivity index (χ1) is 26.7. The van der Waals surface area contributed by atoms with Crippen molar-refractivity contribution in [3.63, 3.8) is 0 Å². The van der Waals surface area contributed by atoms with E-state index < -0.39 is 0 Å². The molecule has 12 rings (SSSR count).